The predicted octanol–water partition coefficient (Wildman–Crippen LogP) is 9.35. The van der Waals surface area contributed by atoms with Gasteiger partial charge in [-0.1, -0.05) is 24.3 Å². The Morgan fingerprint density at radius 2 is 0.977 bits per heavy atom. The van der Waals surface area contributed by atoms with E-state index in [9.17, 15) is 9.59 Å². The molecule has 2 spiro atoms. The molecule has 0 aliphatic carbocycles. The predicted molar refractivity (Wildman–Crippen MR) is 344 cm³/mol. The van der Waals surface area contributed by atoms with Crippen molar-refractivity contribution in [1.82, 2.24) is 80.1 Å². The lowest BCUT2D eigenvalue weighted by atomic mass is 9.71. The number of piperidine rings is 4. The van der Waals surface area contributed by atoms with Crippen LogP contribution in [-0.2, 0) is 0 Å². The highest BCUT2D eigenvalue weighted by molar-refractivity contribution is 6.00. The van der Waals surface area contributed by atoms with E-state index in [0.717, 1.165) is 157 Å². The van der Waals surface area contributed by atoms with Crippen LogP contribution in [0.5, 0.6) is 0 Å². The van der Waals surface area contributed by atoms with Crippen LogP contribution in [0.3, 0.4) is 0 Å². The molecule has 7 aromatic heterocycles. The van der Waals surface area contributed by atoms with Gasteiger partial charge in [-0.2, -0.15) is 15.3 Å². The molecule has 2 amide bonds. The van der Waals surface area contributed by atoms with Crippen molar-refractivity contribution in [3.63, 3.8) is 0 Å². The highest BCUT2D eigenvalue weighted by atomic mass is 35.5. The number of amides is 2. The lowest BCUT2D eigenvalue weighted by molar-refractivity contribution is 0.0403. The van der Waals surface area contributed by atoms with Gasteiger partial charge in [0.25, 0.3) is 11.8 Å². The summed E-state index contributed by atoms with van der Waals surface area (Å²) in [5.41, 5.74) is 20.0. The summed E-state index contributed by atoms with van der Waals surface area (Å²) in [5.74, 6) is 2.84. The van der Waals surface area contributed by atoms with Crippen molar-refractivity contribution in [2.75, 3.05) is 63.0 Å². The van der Waals surface area contributed by atoms with E-state index in [2.05, 4.69) is 61.4 Å². The number of fused-ring (bicyclic) bond motifs is 4. The Labute approximate surface area is 512 Å². The maximum absolute atomic E-state index is 13.4. The van der Waals surface area contributed by atoms with Crippen LogP contribution in [0, 0.1) is 21.6 Å². The van der Waals surface area contributed by atoms with E-state index < -0.39 is 0 Å². The van der Waals surface area contributed by atoms with Crippen molar-refractivity contribution in [2.45, 2.75) is 51.4 Å². The van der Waals surface area contributed by atoms with Crippen LogP contribution in [0.15, 0.2) is 140 Å². The number of carbonyl (C=O) groups is 2. The number of carbonyl (C=O) groups excluding carboxylic acids is 2. The van der Waals surface area contributed by atoms with Crippen LogP contribution in [-0.4, -0.2) is 151 Å². The van der Waals surface area contributed by atoms with Crippen LogP contribution < -0.4 is 27.4 Å². The number of nitrogens with two attached hydrogens (primary N) is 2. The normalized spacial score (nSPS) is 16.2. The number of H-pyrrole nitrogens is 4. The van der Waals surface area contributed by atoms with E-state index in [1.54, 1.807) is 43.2 Å². The van der Waals surface area contributed by atoms with Gasteiger partial charge >= 0.3 is 0 Å². The van der Waals surface area contributed by atoms with Crippen molar-refractivity contribution in [2.24, 2.45) is 22.3 Å². The quantitative estimate of drug-likeness (QED) is 0.0498. The molecule has 0 unspecified atom stereocenters. The van der Waals surface area contributed by atoms with Gasteiger partial charge in [-0.15, -0.1) is 12.4 Å². The fraction of sp³-hybridized carbons (Fsp3) is 0.286. The third kappa shape index (κ3) is 12.7. The summed E-state index contributed by atoms with van der Waals surface area (Å²) >= 11 is 0. The molecule has 0 saturated carbocycles. The minimum absolute atomic E-state index is 0. The van der Waals surface area contributed by atoms with Gasteiger partial charge in [0.2, 0.25) is 5.96 Å². The van der Waals surface area contributed by atoms with Gasteiger partial charge in [-0.05, 0) is 154 Å². The second-order valence-corrected chi connectivity index (χ2v) is 23.1. The van der Waals surface area contributed by atoms with Crippen LogP contribution in [0.25, 0.3) is 66.4 Å². The molecule has 15 rings (SSSR count). The Hall–Kier alpha value is -10.2. The number of aromatic amines is 4. The van der Waals surface area contributed by atoms with Gasteiger partial charge in [0, 0.05) is 119 Å². The zero-order valence-corrected chi connectivity index (χ0v) is 49.2. The molecule has 4 aromatic carbocycles. The first-order chi connectivity index (χ1) is 42.4. The molecule has 11 aromatic rings. The van der Waals surface area contributed by atoms with Gasteiger partial charge in [0.1, 0.15) is 23.0 Å². The molecular weight excluding hydrogens is 1130 g/mol. The van der Waals surface area contributed by atoms with Crippen molar-refractivity contribution < 1.29 is 9.59 Å². The monoisotopic (exact) mass is 1200 g/mol. The first-order valence-electron chi connectivity index (χ1n) is 29.4. The molecule has 4 saturated heterocycles. The van der Waals surface area contributed by atoms with E-state index in [0.29, 0.717) is 40.1 Å². The molecule has 13 N–H and O–H groups in total. The van der Waals surface area contributed by atoms with Crippen LogP contribution in [0.1, 0.15) is 72.3 Å². The average molecular weight is 1200 g/mol. The number of halogens is 1. The molecular formula is C63H69ClN22O2. The first-order valence-corrected chi connectivity index (χ1v) is 29.4. The number of nitrogens with zero attached hydrogens (tertiary/aromatic N) is 11. The topological polar surface area (TPSA) is 338 Å². The fourth-order valence-corrected chi connectivity index (χ4v) is 12.5. The Bertz CT molecular complexity index is 4280. The molecule has 450 valence electrons. The minimum Gasteiger partial charge on any atom is -0.370 e. The number of nitrogens with one attached hydrogen (secondary N) is 9. The van der Waals surface area contributed by atoms with E-state index >= 15 is 0 Å². The number of guanidine groups is 1. The highest BCUT2D eigenvalue weighted by Gasteiger charge is 2.40. The largest absolute Gasteiger partial charge is 0.370 e. The second kappa shape index (κ2) is 25.0. The second-order valence-electron chi connectivity index (χ2n) is 23.1. The highest BCUT2D eigenvalue weighted by Crippen LogP contribution is 2.42. The summed E-state index contributed by atoms with van der Waals surface area (Å²) in [4.78, 5) is 57.8. The molecule has 4 aliphatic rings. The molecule has 25 heteroatoms. The van der Waals surface area contributed by atoms with Crippen molar-refractivity contribution >= 4 is 103 Å². The summed E-state index contributed by atoms with van der Waals surface area (Å²) in [6, 6.07) is 33.3. The van der Waals surface area contributed by atoms with E-state index in [1.165, 1.54) is 17.5 Å². The molecule has 11 heterocycles. The third-order valence-corrected chi connectivity index (χ3v) is 17.8. The van der Waals surface area contributed by atoms with E-state index in [-0.39, 0.29) is 41.6 Å². The molecule has 0 radical (unpaired) electrons. The van der Waals surface area contributed by atoms with Crippen molar-refractivity contribution in [3.05, 3.63) is 152 Å². The smallest absolute Gasteiger partial charge is 0.270 e. The lowest BCUT2D eigenvalue weighted by Gasteiger charge is -2.46. The minimum atomic E-state index is -0.0602. The van der Waals surface area contributed by atoms with Crippen molar-refractivity contribution in [1.29, 1.82) is 10.8 Å². The number of hydrogen-bond donors (Lipinski definition) is 11. The van der Waals surface area contributed by atoms with Gasteiger partial charge in [0.15, 0.2) is 17.6 Å². The maximum atomic E-state index is 13.4. The Morgan fingerprint density at radius 1 is 0.511 bits per heavy atom. The summed E-state index contributed by atoms with van der Waals surface area (Å²) in [6.45, 7) is 7.03. The maximum Gasteiger partial charge on any atom is 0.270 e. The Kier molecular flexibility index (Phi) is 16.5. The van der Waals surface area contributed by atoms with Gasteiger partial charge in [-0.25, -0.2) is 24.6 Å². The van der Waals surface area contributed by atoms with Gasteiger partial charge in [-0.3, -0.25) is 30.6 Å². The SMILES string of the molecule is Cl.N=C(N)N1CCC2(CC1)CCN(C(=O)c1cc3ccc(-c4nccc(Nc5ccc6[nH]ncc6c5)n4)cc3[nH]1)CC2.N=C(N)n1cccn1.O=C(c1cc2ccc(-c3nccc(Nc4ccc5[nH]ncc5c4)n3)cc2[nH]1)N1CCC2(CCNCC2)CC1. The van der Waals surface area contributed by atoms with E-state index in [4.69, 9.17) is 32.3 Å². The third-order valence-electron chi connectivity index (χ3n) is 17.8. The molecule has 4 aliphatic heterocycles. The summed E-state index contributed by atoms with van der Waals surface area (Å²) < 4.78 is 1.28. The Balaban J connectivity index is 0.000000151. The lowest BCUT2D eigenvalue weighted by Crippen LogP contribution is -2.50. The summed E-state index contributed by atoms with van der Waals surface area (Å²) in [7, 11) is 0. The molecule has 0 bridgehead atoms. The van der Waals surface area contributed by atoms with Crippen LogP contribution >= 0.6 is 12.4 Å². The number of anilines is 4. The Morgan fingerprint density at radius 3 is 1.41 bits per heavy atom. The van der Waals surface area contributed by atoms with Crippen molar-refractivity contribution in [3.8, 4) is 22.8 Å². The summed E-state index contributed by atoms with van der Waals surface area (Å²) in [6.07, 6.45) is 19.0. The molecule has 4 fully saturated rings. The first kappa shape index (κ1) is 58.2. The van der Waals surface area contributed by atoms with E-state index in [1.807, 2.05) is 112 Å². The van der Waals surface area contributed by atoms with Gasteiger partial charge < -0.3 is 52.1 Å². The fourth-order valence-electron chi connectivity index (χ4n) is 12.5. The van der Waals surface area contributed by atoms with Crippen LogP contribution in [0.2, 0.25) is 0 Å². The number of benzene rings is 4. The zero-order chi connectivity index (χ0) is 59.5. The van der Waals surface area contributed by atoms with Gasteiger partial charge in [0.05, 0.1) is 23.4 Å². The average Bonchev–Trinajstić information content (AvgIpc) is 3.40. The number of hydrogen-bond acceptors (Lipinski definition) is 14. The number of nitrogen functional groups attached to an aromatic ring is 1. The zero-order valence-electron chi connectivity index (χ0n) is 48.4. The standard InChI is InChI=1S/C30H32N10O.C29H30N8O.C4H6N4.ClH/c31-29(32)40-13-8-30(9-14-40)6-11-39(12-7-30)28(41)25-16-19-1-2-20(17-24(19)36-25)27-33-10-5-26(37-27)35-22-3-4-23-21(15-22)18-34-38-23;38-28(37-13-8-29(9-14-37)6-11-30-12-7-29)25-16-19-1-2-20(17-24(19)34-25)27-31-10-5-26(35-27)33-22-3-4-23-21(15-22)18-32-36-23;5-4(6)8-3-1-2-7-8;/h1-5,10,15-18,36H,6-9,11-14H2,(H3,31,32)(H,34,38)(H,33,35,37);1-5,10,15-18,30,34H,6-9,11-14H2,(H,32,36)(H,31,33,35);1-3H,(H3,5,6);1H. The molecule has 88 heavy (non-hydrogen) atoms. The summed E-state index contributed by atoms with van der Waals surface area (Å²) in [5, 5.41) is 46.5. The molecule has 0 atom stereocenters. The van der Waals surface area contributed by atoms with Crippen LogP contribution in [0.4, 0.5) is 23.0 Å². The number of likely N-dealkylation sites (tertiary alicyclic amines) is 3. The molecule has 24 nitrogen and oxygen atoms in total. The number of rotatable bonds is 8. The number of aromatic nitrogens is 12.